The first kappa shape index (κ1) is 20.3. The molecule has 0 radical (unpaired) electrons. The summed E-state index contributed by atoms with van der Waals surface area (Å²) in [6, 6.07) is 10.8. The average Bonchev–Trinajstić information content (AvgIpc) is 2.71. The summed E-state index contributed by atoms with van der Waals surface area (Å²) in [5.41, 5.74) is 2.23. The summed E-state index contributed by atoms with van der Waals surface area (Å²) in [5.74, 6) is 3.77. The molecule has 146 valence electrons. The van der Waals surface area contributed by atoms with E-state index in [2.05, 4.69) is 30.9 Å². The lowest BCUT2D eigenvalue weighted by Gasteiger charge is -2.25. The van der Waals surface area contributed by atoms with E-state index in [-0.39, 0.29) is 11.5 Å². The summed E-state index contributed by atoms with van der Waals surface area (Å²) in [7, 11) is 0. The van der Waals surface area contributed by atoms with Crippen molar-refractivity contribution in [2.45, 2.75) is 57.5 Å². The van der Waals surface area contributed by atoms with Gasteiger partial charge in [0.1, 0.15) is 6.17 Å². The highest BCUT2D eigenvalue weighted by Gasteiger charge is 2.25. The van der Waals surface area contributed by atoms with Crippen molar-refractivity contribution in [3.8, 4) is 11.8 Å². The van der Waals surface area contributed by atoms with Crippen LogP contribution >= 0.6 is 0 Å². The molecule has 2 aromatic carbocycles. The molecule has 1 saturated carbocycles. The number of hydrogen-bond donors (Lipinski definition) is 0. The minimum absolute atomic E-state index is 0.0485. The van der Waals surface area contributed by atoms with Crippen LogP contribution in [0.25, 0.3) is 6.08 Å². The lowest BCUT2D eigenvalue weighted by Crippen LogP contribution is -2.15. The van der Waals surface area contributed by atoms with Crippen LogP contribution in [-0.4, -0.2) is 6.17 Å². The fraction of sp³-hybridized carbons (Fsp3) is 0.360. The average molecular weight is 382 g/mol. The van der Waals surface area contributed by atoms with Gasteiger partial charge in [0.2, 0.25) is 0 Å². The summed E-state index contributed by atoms with van der Waals surface area (Å²) in [6.45, 7) is 2.13. The normalized spacial score (nSPS) is 19.4. The van der Waals surface area contributed by atoms with Gasteiger partial charge in [0.15, 0.2) is 11.6 Å². The second kappa shape index (κ2) is 9.64. The predicted octanol–water partition coefficient (Wildman–Crippen LogP) is 7.17. The van der Waals surface area contributed by atoms with Gasteiger partial charge in [-0.05, 0) is 67.3 Å². The Morgan fingerprint density at radius 3 is 2.32 bits per heavy atom. The van der Waals surface area contributed by atoms with Crippen LogP contribution in [0, 0.1) is 23.5 Å². The maximum Gasteiger partial charge on any atom is 0.174 e. The van der Waals surface area contributed by atoms with Crippen LogP contribution in [0.15, 0.2) is 42.5 Å². The Kier molecular flexibility index (Phi) is 6.98. The Morgan fingerprint density at radius 2 is 1.64 bits per heavy atom. The van der Waals surface area contributed by atoms with E-state index in [9.17, 15) is 13.2 Å². The SMILES string of the molecule is CCC/C=C/c1ccc(C#Cc2ccc(C3CCC(F)CC3)c(F)c2F)cc1. The van der Waals surface area contributed by atoms with Crippen molar-refractivity contribution in [1.29, 1.82) is 0 Å². The van der Waals surface area contributed by atoms with Gasteiger partial charge in [0, 0.05) is 5.56 Å². The van der Waals surface area contributed by atoms with Crippen molar-refractivity contribution in [3.63, 3.8) is 0 Å². The molecular weight excluding hydrogens is 357 g/mol. The molecule has 2 aromatic rings. The molecule has 1 fully saturated rings. The summed E-state index contributed by atoms with van der Waals surface area (Å²) in [4.78, 5) is 0. The van der Waals surface area contributed by atoms with Crippen LogP contribution in [0.2, 0.25) is 0 Å². The Hall–Kier alpha value is -2.47. The van der Waals surface area contributed by atoms with Crippen LogP contribution < -0.4 is 0 Å². The monoisotopic (exact) mass is 382 g/mol. The van der Waals surface area contributed by atoms with Crippen LogP contribution in [0.1, 0.15) is 73.6 Å². The van der Waals surface area contributed by atoms with Gasteiger partial charge in [-0.3, -0.25) is 0 Å². The van der Waals surface area contributed by atoms with Crippen LogP contribution in [0.4, 0.5) is 13.2 Å². The molecule has 0 saturated heterocycles. The van der Waals surface area contributed by atoms with Crippen LogP contribution in [0.3, 0.4) is 0 Å². The van der Waals surface area contributed by atoms with Crippen LogP contribution in [-0.2, 0) is 0 Å². The van der Waals surface area contributed by atoms with E-state index < -0.39 is 17.8 Å². The molecule has 0 spiro atoms. The van der Waals surface area contributed by atoms with Crippen molar-refractivity contribution < 1.29 is 13.2 Å². The number of unbranched alkanes of at least 4 members (excludes halogenated alkanes) is 1. The van der Waals surface area contributed by atoms with Gasteiger partial charge in [-0.25, -0.2) is 13.2 Å². The highest BCUT2D eigenvalue weighted by molar-refractivity contribution is 5.52. The smallest absolute Gasteiger partial charge is 0.174 e. The van der Waals surface area contributed by atoms with Gasteiger partial charge >= 0.3 is 0 Å². The Balaban J connectivity index is 1.74. The first-order valence-electron chi connectivity index (χ1n) is 9.99. The number of benzene rings is 2. The molecule has 1 aliphatic carbocycles. The summed E-state index contributed by atoms with van der Waals surface area (Å²) in [6.07, 6.45) is 7.46. The minimum atomic E-state index is -0.911. The molecule has 0 amide bonds. The van der Waals surface area contributed by atoms with Gasteiger partial charge < -0.3 is 0 Å². The molecule has 0 N–H and O–H groups in total. The predicted molar refractivity (Wildman–Crippen MR) is 109 cm³/mol. The fourth-order valence-corrected chi connectivity index (χ4v) is 3.54. The molecule has 1 aliphatic rings. The van der Waals surface area contributed by atoms with Crippen molar-refractivity contribution >= 4 is 6.08 Å². The maximum atomic E-state index is 14.5. The first-order chi connectivity index (χ1) is 13.6. The molecule has 3 rings (SSSR count). The third kappa shape index (κ3) is 5.07. The quantitative estimate of drug-likeness (QED) is 0.492. The van der Waals surface area contributed by atoms with E-state index in [1.54, 1.807) is 6.07 Å². The largest absolute Gasteiger partial charge is 0.247 e. The maximum absolute atomic E-state index is 14.5. The fourth-order valence-electron chi connectivity index (χ4n) is 3.54. The molecule has 3 heteroatoms. The first-order valence-corrected chi connectivity index (χ1v) is 9.99. The molecule has 0 atom stereocenters. The van der Waals surface area contributed by atoms with E-state index in [4.69, 9.17) is 0 Å². The molecule has 0 aromatic heterocycles. The highest BCUT2D eigenvalue weighted by atomic mass is 19.2. The highest BCUT2D eigenvalue weighted by Crippen LogP contribution is 2.36. The lowest BCUT2D eigenvalue weighted by atomic mass is 9.82. The van der Waals surface area contributed by atoms with Gasteiger partial charge in [-0.2, -0.15) is 0 Å². The molecular formula is C25H25F3. The van der Waals surface area contributed by atoms with Gasteiger partial charge in [0.25, 0.3) is 0 Å². The Morgan fingerprint density at radius 1 is 0.929 bits per heavy atom. The van der Waals surface area contributed by atoms with Crippen molar-refractivity contribution in [1.82, 2.24) is 0 Å². The zero-order valence-electron chi connectivity index (χ0n) is 16.2. The molecule has 0 bridgehead atoms. The third-order valence-corrected chi connectivity index (χ3v) is 5.23. The van der Waals surface area contributed by atoms with E-state index in [1.807, 2.05) is 24.3 Å². The van der Waals surface area contributed by atoms with E-state index >= 15 is 0 Å². The van der Waals surface area contributed by atoms with E-state index in [0.717, 1.165) is 24.0 Å². The van der Waals surface area contributed by atoms with Crippen molar-refractivity contribution in [2.24, 2.45) is 0 Å². The zero-order chi connectivity index (χ0) is 19.9. The molecule has 0 aliphatic heterocycles. The Labute approximate surface area is 165 Å². The summed E-state index contributed by atoms with van der Waals surface area (Å²) in [5, 5.41) is 0. The number of rotatable bonds is 4. The topological polar surface area (TPSA) is 0 Å². The molecule has 0 nitrogen and oxygen atoms in total. The number of halogens is 3. The van der Waals surface area contributed by atoms with Gasteiger partial charge in [-0.15, -0.1) is 0 Å². The minimum Gasteiger partial charge on any atom is -0.247 e. The Bertz CT molecular complexity index is 876. The third-order valence-electron chi connectivity index (χ3n) is 5.23. The van der Waals surface area contributed by atoms with Gasteiger partial charge in [0.05, 0.1) is 5.56 Å². The summed E-state index contributed by atoms with van der Waals surface area (Å²) < 4.78 is 42.3. The second-order valence-electron chi connectivity index (χ2n) is 7.34. The molecule has 0 heterocycles. The summed E-state index contributed by atoms with van der Waals surface area (Å²) >= 11 is 0. The van der Waals surface area contributed by atoms with E-state index in [0.29, 0.717) is 31.2 Å². The molecule has 28 heavy (non-hydrogen) atoms. The second-order valence-corrected chi connectivity index (χ2v) is 7.34. The standard InChI is InChI=1S/C25H25F3/c1-2-3-4-5-18-6-8-19(9-7-18)10-11-21-14-17-23(25(28)24(21)27)20-12-15-22(26)16-13-20/h4-9,14,17,20,22H,2-3,12-13,15-16H2,1H3/b5-4+. The van der Waals surface area contributed by atoms with Gasteiger partial charge in [-0.1, -0.05) is 55.5 Å². The molecule has 0 unspecified atom stereocenters. The van der Waals surface area contributed by atoms with Crippen molar-refractivity contribution in [2.75, 3.05) is 0 Å². The number of hydrogen-bond acceptors (Lipinski definition) is 0. The lowest BCUT2D eigenvalue weighted by molar-refractivity contribution is 0.233. The van der Waals surface area contributed by atoms with E-state index in [1.165, 1.54) is 6.07 Å². The number of alkyl halides is 1. The van der Waals surface area contributed by atoms with Crippen LogP contribution in [0.5, 0.6) is 0 Å². The van der Waals surface area contributed by atoms with Crippen molar-refractivity contribution in [3.05, 3.63) is 76.4 Å². The zero-order valence-corrected chi connectivity index (χ0v) is 16.2. The number of allylic oxidation sites excluding steroid dienone is 1.